The number of carbonyl (C=O) groups is 2. The second-order valence-electron chi connectivity index (χ2n) is 6.01. The molecule has 0 radical (unpaired) electrons. The molecule has 5 heteroatoms. The van der Waals surface area contributed by atoms with E-state index in [1.54, 1.807) is 36.8 Å². The van der Waals surface area contributed by atoms with Gasteiger partial charge in [-0.1, -0.05) is 30.3 Å². The minimum atomic E-state index is -0.485. The molecular weight excluding hydrogens is 338 g/mol. The van der Waals surface area contributed by atoms with Crippen LogP contribution in [0.15, 0.2) is 85.1 Å². The van der Waals surface area contributed by atoms with Crippen LogP contribution in [0.2, 0.25) is 0 Å². The molecular formula is C22H19N3O2. The molecule has 0 bridgehead atoms. The average Bonchev–Trinajstić information content (AvgIpc) is 2.73. The van der Waals surface area contributed by atoms with E-state index in [0.29, 0.717) is 17.7 Å². The highest BCUT2D eigenvalue weighted by Gasteiger charge is 2.18. The molecule has 1 atom stereocenters. The van der Waals surface area contributed by atoms with Crippen molar-refractivity contribution in [2.75, 3.05) is 0 Å². The third-order valence-corrected chi connectivity index (χ3v) is 4.07. The van der Waals surface area contributed by atoms with Crippen molar-refractivity contribution in [2.45, 2.75) is 6.42 Å². The lowest BCUT2D eigenvalue weighted by Crippen LogP contribution is -2.29. The summed E-state index contributed by atoms with van der Waals surface area (Å²) in [5, 5.41) is 2.88. The van der Waals surface area contributed by atoms with Crippen LogP contribution in [0.5, 0.6) is 0 Å². The fourth-order valence-corrected chi connectivity index (χ4v) is 2.67. The first-order valence-corrected chi connectivity index (χ1v) is 8.58. The van der Waals surface area contributed by atoms with Gasteiger partial charge in [-0.25, -0.2) is 0 Å². The molecule has 1 unspecified atom stereocenters. The number of benzene rings is 1. The Kier molecular flexibility index (Phi) is 6.20. The molecule has 1 aromatic carbocycles. The van der Waals surface area contributed by atoms with Gasteiger partial charge in [-0.3, -0.25) is 14.8 Å². The van der Waals surface area contributed by atoms with Crippen LogP contribution < -0.4 is 5.32 Å². The van der Waals surface area contributed by atoms with Crippen molar-refractivity contribution in [3.8, 4) is 0 Å². The monoisotopic (exact) mass is 357 g/mol. The number of aldehydes is 1. The van der Waals surface area contributed by atoms with Crippen molar-refractivity contribution < 1.29 is 9.59 Å². The summed E-state index contributed by atoms with van der Waals surface area (Å²) in [5.41, 5.74) is 2.84. The van der Waals surface area contributed by atoms with Crippen molar-refractivity contribution in [1.82, 2.24) is 15.3 Å². The highest BCUT2D eigenvalue weighted by atomic mass is 16.1. The summed E-state index contributed by atoms with van der Waals surface area (Å²) in [6.45, 7) is 0. The van der Waals surface area contributed by atoms with Gasteiger partial charge in [-0.2, -0.15) is 0 Å². The quantitative estimate of drug-likeness (QED) is 0.659. The third-order valence-electron chi connectivity index (χ3n) is 4.07. The SMILES string of the molecule is O=CC(Cc1ccccc1)/C(=C/c1ccncc1)NC(=O)c1cccnc1. The van der Waals surface area contributed by atoms with Crippen LogP contribution in [-0.2, 0) is 11.2 Å². The minimum Gasteiger partial charge on any atom is -0.325 e. The minimum absolute atomic E-state index is 0.302. The van der Waals surface area contributed by atoms with Crippen LogP contribution in [-0.4, -0.2) is 22.2 Å². The van der Waals surface area contributed by atoms with E-state index < -0.39 is 5.92 Å². The summed E-state index contributed by atoms with van der Waals surface area (Å²) in [5.74, 6) is -0.787. The van der Waals surface area contributed by atoms with Crippen LogP contribution in [0.3, 0.4) is 0 Å². The lowest BCUT2D eigenvalue weighted by atomic mass is 9.96. The number of nitrogens with zero attached hydrogens (tertiary/aromatic N) is 2. The Morgan fingerprint density at radius 3 is 2.41 bits per heavy atom. The van der Waals surface area contributed by atoms with Crippen molar-refractivity contribution in [1.29, 1.82) is 0 Å². The molecule has 134 valence electrons. The van der Waals surface area contributed by atoms with Crippen molar-refractivity contribution in [3.63, 3.8) is 0 Å². The molecule has 0 saturated carbocycles. The molecule has 5 nitrogen and oxygen atoms in total. The van der Waals surface area contributed by atoms with Crippen molar-refractivity contribution in [2.24, 2.45) is 5.92 Å². The van der Waals surface area contributed by atoms with Gasteiger partial charge in [0.15, 0.2) is 0 Å². The number of carbonyl (C=O) groups excluding carboxylic acids is 2. The summed E-state index contributed by atoms with van der Waals surface area (Å²) < 4.78 is 0. The second kappa shape index (κ2) is 9.20. The number of nitrogens with one attached hydrogen (secondary N) is 1. The predicted molar refractivity (Wildman–Crippen MR) is 104 cm³/mol. The molecule has 3 aromatic rings. The number of hydrogen-bond donors (Lipinski definition) is 1. The Balaban J connectivity index is 1.90. The van der Waals surface area contributed by atoms with Gasteiger partial charge in [0.05, 0.1) is 11.5 Å². The van der Waals surface area contributed by atoms with Gasteiger partial charge in [0, 0.05) is 30.5 Å². The number of hydrogen-bond acceptors (Lipinski definition) is 4. The maximum Gasteiger partial charge on any atom is 0.256 e. The molecule has 0 saturated heterocycles. The predicted octanol–water partition coefficient (Wildman–Crippen LogP) is 3.31. The molecule has 0 fully saturated rings. The average molecular weight is 357 g/mol. The Morgan fingerprint density at radius 1 is 0.963 bits per heavy atom. The highest BCUT2D eigenvalue weighted by Crippen LogP contribution is 2.17. The Labute approximate surface area is 157 Å². The summed E-state index contributed by atoms with van der Waals surface area (Å²) >= 11 is 0. The van der Waals surface area contributed by atoms with Gasteiger partial charge in [-0.05, 0) is 47.9 Å². The molecule has 0 aliphatic heterocycles. The van der Waals surface area contributed by atoms with Gasteiger partial charge in [0.2, 0.25) is 0 Å². The van der Waals surface area contributed by atoms with Crippen LogP contribution >= 0.6 is 0 Å². The number of aromatic nitrogens is 2. The zero-order chi connectivity index (χ0) is 18.9. The smallest absolute Gasteiger partial charge is 0.256 e. The fraction of sp³-hybridized carbons (Fsp3) is 0.0909. The lowest BCUT2D eigenvalue weighted by Gasteiger charge is -2.17. The van der Waals surface area contributed by atoms with E-state index in [9.17, 15) is 9.59 Å². The molecule has 0 aliphatic rings. The summed E-state index contributed by atoms with van der Waals surface area (Å²) in [6.07, 6.45) is 9.59. The zero-order valence-corrected chi connectivity index (χ0v) is 14.7. The zero-order valence-electron chi connectivity index (χ0n) is 14.7. The van der Waals surface area contributed by atoms with Crippen molar-refractivity contribution in [3.05, 3.63) is 102 Å². The largest absolute Gasteiger partial charge is 0.325 e. The maximum atomic E-state index is 12.6. The van der Waals surface area contributed by atoms with E-state index in [2.05, 4.69) is 15.3 Å². The molecule has 2 aromatic heterocycles. The molecule has 3 rings (SSSR count). The van der Waals surface area contributed by atoms with Gasteiger partial charge < -0.3 is 10.1 Å². The number of amides is 1. The van der Waals surface area contributed by atoms with E-state index in [1.807, 2.05) is 42.5 Å². The second-order valence-corrected chi connectivity index (χ2v) is 6.01. The van der Waals surface area contributed by atoms with Crippen LogP contribution in [0, 0.1) is 5.92 Å². The van der Waals surface area contributed by atoms with Crippen LogP contribution in [0.25, 0.3) is 6.08 Å². The third kappa shape index (κ3) is 5.19. The van der Waals surface area contributed by atoms with E-state index >= 15 is 0 Å². The normalized spacial score (nSPS) is 12.2. The highest BCUT2D eigenvalue weighted by molar-refractivity contribution is 5.96. The molecule has 0 aliphatic carbocycles. The lowest BCUT2D eigenvalue weighted by molar-refractivity contribution is -0.110. The van der Waals surface area contributed by atoms with Gasteiger partial charge in [-0.15, -0.1) is 0 Å². The topological polar surface area (TPSA) is 72.0 Å². The first-order valence-electron chi connectivity index (χ1n) is 8.58. The molecule has 2 heterocycles. The first-order chi connectivity index (χ1) is 13.3. The molecule has 1 amide bonds. The fourth-order valence-electron chi connectivity index (χ4n) is 2.67. The van der Waals surface area contributed by atoms with E-state index in [4.69, 9.17) is 0 Å². The molecule has 1 N–H and O–H groups in total. The maximum absolute atomic E-state index is 12.6. The first kappa shape index (κ1) is 18.2. The van der Waals surface area contributed by atoms with E-state index in [1.165, 1.54) is 6.20 Å². The van der Waals surface area contributed by atoms with E-state index in [-0.39, 0.29) is 5.91 Å². The summed E-state index contributed by atoms with van der Waals surface area (Å²) in [6, 6.07) is 16.7. The van der Waals surface area contributed by atoms with Crippen molar-refractivity contribution >= 4 is 18.3 Å². The Hall–Kier alpha value is -3.60. The Bertz CT molecular complexity index is 910. The summed E-state index contributed by atoms with van der Waals surface area (Å²) in [4.78, 5) is 32.4. The Morgan fingerprint density at radius 2 is 1.74 bits per heavy atom. The summed E-state index contributed by atoms with van der Waals surface area (Å²) in [7, 11) is 0. The number of allylic oxidation sites excluding steroid dienone is 1. The van der Waals surface area contributed by atoms with Gasteiger partial charge in [0.25, 0.3) is 5.91 Å². The van der Waals surface area contributed by atoms with Crippen LogP contribution in [0.4, 0.5) is 0 Å². The van der Waals surface area contributed by atoms with Crippen LogP contribution in [0.1, 0.15) is 21.5 Å². The van der Waals surface area contributed by atoms with Gasteiger partial charge >= 0.3 is 0 Å². The molecule has 27 heavy (non-hydrogen) atoms. The standard InChI is InChI=1S/C22H19N3O2/c26-16-20(13-17-5-2-1-3-6-17)21(14-18-8-11-23-12-9-18)25-22(27)19-7-4-10-24-15-19/h1-12,14-16,20H,13H2,(H,25,27)/b21-14-. The number of rotatable bonds is 7. The van der Waals surface area contributed by atoms with E-state index in [0.717, 1.165) is 17.4 Å². The van der Waals surface area contributed by atoms with Gasteiger partial charge in [0.1, 0.15) is 6.29 Å². The number of pyridine rings is 2. The molecule has 0 spiro atoms.